The largest absolute Gasteiger partial charge is 0.496 e. The Bertz CT molecular complexity index is 584. The highest BCUT2D eigenvalue weighted by Gasteiger charge is 2.08. The van der Waals surface area contributed by atoms with Crippen LogP contribution in [0, 0.1) is 6.92 Å². The molecule has 0 aliphatic rings. The van der Waals surface area contributed by atoms with E-state index in [1.54, 1.807) is 7.11 Å². The summed E-state index contributed by atoms with van der Waals surface area (Å²) in [6, 6.07) is 11.8. The number of aromatic nitrogens is 1. The van der Waals surface area contributed by atoms with E-state index in [-0.39, 0.29) is 0 Å². The zero-order valence-electron chi connectivity index (χ0n) is 12.3. The maximum absolute atomic E-state index is 5.84. The van der Waals surface area contributed by atoms with E-state index in [1.165, 1.54) is 0 Å². The molecular formula is C16H21N3O. The molecule has 1 aromatic heterocycles. The third-order valence-electron chi connectivity index (χ3n) is 3.12. The fourth-order valence-electron chi connectivity index (χ4n) is 2.23. The highest BCUT2D eigenvalue weighted by Crippen LogP contribution is 2.22. The van der Waals surface area contributed by atoms with Crippen LogP contribution in [-0.4, -0.2) is 24.0 Å². The molecule has 20 heavy (non-hydrogen) atoms. The smallest absolute Gasteiger partial charge is 0.123 e. The van der Waals surface area contributed by atoms with Crippen LogP contribution in [-0.2, 0) is 13.1 Å². The highest BCUT2D eigenvalue weighted by atomic mass is 16.5. The first-order valence-electron chi connectivity index (χ1n) is 6.62. The van der Waals surface area contributed by atoms with Crippen LogP contribution in [0.4, 0.5) is 5.69 Å². The standard InChI is InChI=1S/C16H21N3O/c1-12-5-4-6-15(18-12)11-19(2)10-13-9-14(17)7-8-16(13)20-3/h4-9H,10-11,17H2,1-3H3. The van der Waals surface area contributed by atoms with Gasteiger partial charge < -0.3 is 10.5 Å². The van der Waals surface area contributed by atoms with Crippen molar-refractivity contribution in [2.24, 2.45) is 0 Å². The fourth-order valence-corrected chi connectivity index (χ4v) is 2.23. The summed E-state index contributed by atoms with van der Waals surface area (Å²) in [5, 5.41) is 0. The summed E-state index contributed by atoms with van der Waals surface area (Å²) >= 11 is 0. The minimum atomic E-state index is 0.753. The Morgan fingerprint density at radius 1 is 1.20 bits per heavy atom. The van der Waals surface area contributed by atoms with E-state index in [2.05, 4.69) is 16.9 Å². The third kappa shape index (κ3) is 3.71. The lowest BCUT2D eigenvalue weighted by Crippen LogP contribution is -2.18. The van der Waals surface area contributed by atoms with Gasteiger partial charge in [0.25, 0.3) is 0 Å². The number of pyridine rings is 1. The van der Waals surface area contributed by atoms with Gasteiger partial charge >= 0.3 is 0 Å². The second kappa shape index (κ2) is 6.39. The zero-order valence-corrected chi connectivity index (χ0v) is 12.3. The molecule has 0 amide bonds. The van der Waals surface area contributed by atoms with Crippen molar-refractivity contribution in [1.29, 1.82) is 0 Å². The number of anilines is 1. The number of nitrogens with zero attached hydrogens (tertiary/aromatic N) is 2. The maximum atomic E-state index is 5.84. The minimum Gasteiger partial charge on any atom is -0.496 e. The van der Waals surface area contributed by atoms with Crippen LogP contribution in [0.3, 0.4) is 0 Å². The van der Waals surface area contributed by atoms with Crippen molar-refractivity contribution in [3.8, 4) is 5.75 Å². The molecule has 0 atom stereocenters. The predicted molar refractivity (Wildman–Crippen MR) is 81.6 cm³/mol. The number of benzene rings is 1. The van der Waals surface area contributed by atoms with Crippen molar-refractivity contribution in [2.45, 2.75) is 20.0 Å². The lowest BCUT2D eigenvalue weighted by atomic mass is 10.1. The van der Waals surface area contributed by atoms with Crippen molar-refractivity contribution < 1.29 is 4.74 Å². The van der Waals surface area contributed by atoms with Gasteiger partial charge in [-0.25, -0.2) is 0 Å². The molecule has 1 heterocycles. The predicted octanol–water partition coefficient (Wildman–Crippen LogP) is 2.61. The molecular weight excluding hydrogens is 250 g/mol. The van der Waals surface area contributed by atoms with Gasteiger partial charge in [0.15, 0.2) is 0 Å². The molecule has 0 radical (unpaired) electrons. The Balaban J connectivity index is 2.08. The van der Waals surface area contributed by atoms with Crippen LogP contribution in [0.1, 0.15) is 17.0 Å². The number of rotatable bonds is 5. The molecule has 4 nitrogen and oxygen atoms in total. The molecule has 106 valence electrons. The van der Waals surface area contributed by atoms with E-state index in [4.69, 9.17) is 10.5 Å². The Kier molecular flexibility index (Phi) is 4.58. The summed E-state index contributed by atoms with van der Waals surface area (Å²) < 4.78 is 5.37. The van der Waals surface area contributed by atoms with Crippen LogP contribution < -0.4 is 10.5 Å². The number of nitrogen functional groups attached to an aromatic ring is 1. The molecule has 2 aromatic rings. The molecule has 2 N–H and O–H groups in total. The van der Waals surface area contributed by atoms with Crippen molar-refractivity contribution in [3.05, 3.63) is 53.3 Å². The SMILES string of the molecule is COc1ccc(N)cc1CN(C)Cc1cccc(C)n1. The Hall–Kier alpha value is -2.07. The second-order valence-corrected chi connectivity index (χ2v) is 5.01. The van der Waals surface area contributed by atoms with E-state index in [0.29, 0.717) is 0 Å². The van der Waals surface area contributed by atoms with E-state index in [1.807, 2.05) is 43.3 Å². The molecule has 2 rings (SSSR count). The second-order valence-electron chi connectivity index (χ2n) is 5.01. The highest BCUT2D eigenvalue weighted by molar-refractivity contribution is 5.47. The van der Waals surface area contributed by atoms with Gasteiger partial charge in [0, 0.05) is 30.0 Å². The summed E-state index contributed by atoms with van der Waals surface area (Å²) in [4.78, 5) is 6.71. The number of hydrogen-bond acceptors (Lipinski definition) is 4. The first-order chi connectivity index (χ1) is 9.58. The molecule has 0 saturated heterocycles. The van der Waals surface area contributed by atoms with E-state index in [0.717, 1.165) is 41.5 Å². The van der Waals surface area contributed by atoms with Crippen LogP contribution in [0.25, 0.3) is 0 Å². The lowest BCUT2D eigenvalue weighted by Gasteiger charge is -2.18. The Morgan fingerprint density at radius 3 is 2.70 bits per heavy atom. The van der Waals surface area contributed by atoms with Gasteiger partial charge in [0.2, 0.25) is 0 Å². The lowest BCUT2D eigenvalue weighted by molar-refractivity contribution is 0.306. The van der Waals surface area contributed by atoms with Gasteiger partial charge in [-0.2, -0.15) is 0 Å². The van der Waals surface area contributed by atoms with Gasteiger partial charge in [-0.05, 0) is 44.3 Å². The quantitative estimate of drug-likeness (QED) is 0.849. The van der Waals surface area contributed by atoms with E-state index >= 15 is 0 Å². The molecule has 1 aromatic carbocycles. The normalized spacial score (nSPS) is 10.8. The maximum Gasteiger partial charge on any atom is 0.123 e. The van der Waals surface area contributed by atoms with Crippen LogP contribution >= 0.6 is 0 Å². The van der Waals surface area contributed by atoms with E-state index in [9.17, 15) is 0 Å². The Morgan fingerprint density at radius 2 is 2.00 bits per heavy atom. The molecule has 4 heteroatoms. The minimum absolute atomic E-state index is 0.753. The molecule has 0 bridgehead atoms. The molecule has 0 unspecified atom stereocenters. The average molecular weight is 271 g/mol. The van der Waals surface area contributed by atoms with Gasteiger partial charge in [-0.3, -0.25) is 9.88 Å². The summed E-state index contributed by atoms with van der Waals surface area (Å²) in [6.07, 6.45) is 0. The van der Waals surface area contributed by atoms with Gasteiger partial charge in [-0.15, -0.1) is 0 Å². The average Bonchev–Trinajstić information content (AvgIpc) is 2.38. The molecule has 0 aliphatic carbocycles. The van der Waals surface area contributed by atoms with E-state index < -0.39 is 0 Å². The Labute approximate surface area is 120 Å². The van der Waals surface area contributed by atoms with Crippen molar-refractivity contribution in [3.63, 3.8) is 0 Å². The number of nitrogens with two attached hydrogens (primary N) is 1. The van der Waals surface area contributed by atoms with Crippen molar-refractivity contribution in [2.75, 3.05) is 19.9 Å². The van der Waals surface area contributed by atoms with Crippen LogP contribution in [0.2, 0.25) is 0 Å². The van der Waals surface area contributed by atoms with Crippen LogP contribution in [0.5, 0.6) is 5.75 Å². The summed E-state index contributed by atoms with van der Waals surface area (Å²) in [7, 11) is 3.74. The first-order valence-corrected chi connectivity index (χ1v) is 6.62. The number of methoxy groups -OCH3 is 1. The molecule has 0 fully saturated rings. The fraction of sp³-hybridized carbons (Fsp3) is 0.312. The number of ether oxygens (including phenoxy) is 1. The van der Waals surface area contributed by atoms with Crippen molar-refractivity contribution >= 4 is 5.69 Å². The summed E-state index contributed by atoms with van der Waals surface area (Å²) in [6.45, 7) is 3.56. The third-order valence-corrected chi connectivity index (χ3v) is 3.12. The first kappa shape index (κ1) is 14.3. The zero-order chi connectivity index (χ0) is 14.5. The number of hydrogen-bond donors (Lipinski definition) is 1. The van der Waals surface area contributed by atoms with Crippen molar-refractivity contribution in [1.82, 2.24) is 9.88 Å². The van der Waals surface area contributed by atoms with Gasteiger partial charge in [-0.1, -0.05) is 6.07 Å². The summed E-state index contributed by atoms with van der Waals surface area (Å²) in [5.41, 5.74) is 9.79. The van der Waals surface area contributed by atoms with Gasteiger partial charge in [0.1, 0.15) is 5.75 Å². The topological polar surface area (TPSA) is 51.4 Å². The molecule has 0 saturated carbocycles. The molecule has 0 aliphatic heterocycles. The summed E-state index contributed by atoms with van der Waals surface area (Å²) in [5.74, 6) is 0.864. The monoisotopic (exact) mass is 271 g/mol. The van der Waals surface area contributed by atoms with Crippen LogP contribution in [0.15, 0.2) is 36.4 Å². The number of aryl methyl sites for hydroxylation is 1. The molecule has 0 spiro atoms. The van der Waals surface area contributed by atoms with Gasteiger partial charge in [0.05, 0.1) is 12.8 Å².